The molecule has 1 aliphatic heterocycles. The number of carbonyl (C=O) groups is 1. The number of piperazine rings is 1. The molecule has 2 aliphatic rings. The van der Waals surface area contributed by atoms with Crippen LogP contribution in [0, 0.1) is 5.92 Å². The molecule has 0 unspecified atom stereocenters. The Labute approximate surface area is 137 Å². The van der Waals surface area contributed by atoms with E-state index in [1.807, 2.05) is 17.0 Å². The van der Waals surface area contributed by atoms with E-state index >= 15 is 0 Å². The first-order valence-electron chi connectivity index (χ1n) is 8.57. The number of aromatic nitrogens is 1. The summed E-state index contributed by atoms with van der Waals surface area (Å²) in [6.07, 6.45) is 4.32. The summed E-state index contributed by atoms with van der Waals surface area (Å²) in [5, 5.41) is 2.97. The third kappa shape index (κ3) is 4.82. The summed E-state index contributed by atoms with van der Waals surface area (Å²) in [6.45, 7) is 7.99. The van der Waals surface area contributed by atoms with Crippen molar-refractivity contribution >= 4 is 6.03 Å². The molecule has 0 spiro atoms. The fourth-order valence-electron chi connectivity index (χ4n) is 2.65. The van der Waals surface area contributed by atoms with Crippen LogP contribution in [0.3, 0.4) is 0 Å². The fourth-order valence-corrected chi connectivity index (χ4v) is 2.65. The number of hydrogen-bond acceptors (Lipinski definition) is 4. The summed E-state index contributed by atoms with van der Waals surface area (Å²) in [6, 6.07) is 3.85. The summed E-state index contributed by atoms with van der Waals surface area (Å²) < 4.78 is 5.62. The molecule has 2 heterocycles. The normalized spacial score (nSPS) is 18.7. The lowest BCUT2D eigenvalue weighted by molar-refractivity contribution is 0.142. The third-order valence-electron chi connectivity index (χ3n) is 4.51. The molecule has 6 nitrogen and oxygen atoms in total. The van der Waals surface area contributed by atoms with Gasteiger partial charge in [0.05, 0.1) is 6.61 Å². The molecule has 2 amide bonds. The standard InChI is InChI=1S/C17H26N4O2/c1-2-20-7-9-21(10-8-20)17(22)19-12-15-5-6-16(18-11-15)23-13-14-3-4-14/h5-6,11,14H,2-4,7-10,12-13H2,1H3,(H,19,22). The number of pyridine rings is 1. The molecular formula is C17H26N4O2. The van der Waals surface area contributed by atoms with Crippen LogP contribution in [0.25, 0.3) is 0 Å². The maximum atomic E-state index is 12.2. The van der Waals surface area contributed by atoms with Gasteiger partial charge in [-0.15, -0.1) is 0 Å². The Bertz CT molecular complexity index is 508. The maximum absolute atomic E-state index is 12.2. The highest BCUT2D eigenvalue weighted by molar-refractivity contribution is 5.74. The van der Waals surface area contributed by atoms with Crippen molar-refractivity contribution in [2.75, 3.05) is 39.3 Å². The van der Waals surface area contributed by atoms with Gasteiger partial charge in [-0.3, -0.25) is 0 Å². The lowest BCUT2D eigenvalue weighted by atomic mass is 10.3. The number of nitrogens with zero attached hydrogens (tertiary/aromatic N) is 3. The zero-order valence-electron chi connectivity index (χ0n) is 13.8. The molecule has 1 aromatic rings. The van der Waals surface area contributed by atoms with Gasteiger partial charge in [-0.1, -0.05) is 13.0 Å². The van der Waals surface area contributed by atoms with Crippen LogP contribution in [0.2, 0.25) is 0 Å². The molecule has 1 N–H and O–H groups in total. The molecule has 0 aromatic carbocycles. The SMILES string of the molecule is CCN1CCN(C(=O)NCc2ccc(OCC3CC3)nc2)CC1. The number of hydrogen-bond donors (Lipinski definition) is 1. The minimum Gasteiger partial charge on any atom is -0.477 e. The topological polar surface area (TPSA) is 57.7 Å². The largest absolute Gasteiger partial charge is 0.477 e. The van der Waals surface area contributed by atoms with Crippen molar-refractivity contribution in [3.05, 3.63) is 23.9 Å². The summed E-state index contributed by atoms with van der Waals surface area (Å²) in [5.74, 6) is 1.40. The Morgan fingerprint density at radius 1 is 1.30 bits per heavy atom. The third-order valence-corrected chi connectivity index (χ3v) is 4.51. The molecule has 2 fully saturated rings. The number of urea groups is 1. The Hall–Kier alpha value is -1.82. The van der Waals surface area contributed by atoms with Crippen molar-refractivity contribution in [3.8, 4) is 5.88 Å². The zero-order chi connectivity index (χ0) is 16.1. The second-order valence-corrected chi connectivity index (χ2v) is 6.34. The first-order chi connectivity index (χ1) is 11.2. The Morgan fingerprint density at radius 2 is 2.09 bits per heavy atom. The van der Waals surface area contributed by atoms with Gasteiger partial charge in [0.2, 0.25) is 5.88 Å². The Morgan fingerprint density at radius 3 is 2.70 bits per heavy atom. The predicted octanol–water partition coefficient (Wildman–Crippen LogP) is 1.72. The van der Waals surface area contributed by atoms with E-state index in [0.717, 1.165) is 50.8 Å². The lowest BCUT2D eigenvalue weighted by Crippen LogP contribution is -2.51. The summed E-state index contributed by atoms with van der Waals surface area (Å²) in [7, 11) is 0. The van der Waals surface area contributed by atoms with Gasteiger partial charge in [0.15, 0.2) is 0 Å². The van der Waals surface area contributed by atoms with E-state index < -0.39 is 0 Å². The van der Waals surface area contributed by atoms with Gasteiger partial charge in [-0.2, -0.15) is 0 Å². The van der Waals surface area contributed by atoms with Crippen LogP contribution in [0.1, 0.15) is 25.3 Å². The molecule has 3 rings (SSSR count). The van der Waals surface area contributed by atoms with Crippen molar-refractivity contribution in [2.24, 2.45) is 5.92 Å². The Kier molecular flexibility index (Phi) is 5.33. The zero-order valence-corrected chi connectivity index (χ0v) is 13.8. The van der Waals surface area contributed by atoms with Crippen LogP contribution in [-0.2, 0) is 6.54 Å². The van der Waals surface area contributed by atoms with Gasteiger partial charge < -0.3 is 19.9 Å². The van der Waals surface area contributed by atoms with E-state index in [9.17, 15) is 4.79 Å². The fraction of sp³-hybridized carbons (Fsp3) is 0.647. The van der Waals surface area contributed by atoms with Gasteiger partial charge in [0.1, 0.15) is 0 Å². The van der Waals surface area contributed by atoms with Crippen molar-refractivity contribution in [2.45, 2.75) is 26.3 Å². The molecule has 0 radical (unpaired) electrons. The molecule has 1 aromatic heterocycles. The second kappa shape index (κ2) is 7.64. The van der Waals surface area contributed by atoms with E-state index in [-0.39, 0.29) is 6.03 Å². The highest BCUT2D eigenvalue weighted by atomic mass is 16.5. The average molecular weight is 318 g/mol. The number of ether oxygens (including phenoxy) is 1. The quantitative estimate of drug-likeness (QED) is 0.868. The number of carbonyl (C=O) groups excluding carboxylic acids is 1. The van der Waals surface area contributed by atoms with Crippen LogP contribution >= 0.6 is 0 Å². The molecule has 1 aliphatic carbocycles. The minimum absolute atomic E-state index is 0.00909. The number of rotatable bonds is 6. The van der Waals surface area contributed by atoms with Gasteiger partial charge in [0, 0.05) is 45.0 Å². The van der Waals surface area contributed by atoms with Gasteiger partial charge in [0.25, 0.3) is 0 Å². The molecule has 1 saturated carbocycles. The average Bonchev–Trinajstić information content (AvgIpc) is 3.43. The van der Waals surface area contributed by atoms with Crippen molar-refractivity contribution in [1.29, 1.82) is 0 Å². The minimum atomic E-state index is 0.00909. The van der Waals surface area contributed by atoms with Crippen LogP contribution in [-0.4, -0.2) is 60.1 Å². The first-order valence-corrected chi connectivity index (χ1v) is 8.57. The van der Waals surface area contributed by atoms with Crippen LogP contribution in [0.5, 0.6) is 5.88 Å². The van der Waals surface area contributed by atoms with Gasteiger partial charge in [-0.25, -0.2) is 9.78 Å². The maximum Gasteiger partial charge on any atom is 0.317 e. The molecule has 0 atom stereocenters. The molecular weight excluding hydrogens is 292 g/mol. The summed E-state index contributed by atoms with van der Waals surface area (Å²) >= 11 is 0. The number of nitrogens with one attached hydrogen (secondary N) is 1. The first kappa shape index (κ1) is 16.1. The molecule has 23 heavy (non-hydrogen) atoms. The van der Waals surface area contributed by atoms with E-state index in [2.05, 4.69) is 22.1 Å². The highest BCUT2D eigenvalue weighted by Gasteiger charge is 2.22. The smallest absolute Gasteiger partial charge is 0.317 e. The van der Waals surface area contributed by atoms with Crippen LogP contribution < -0.4 is 10.1 Å². The predicted molar refractivity (Wildman–Crippen MR) is 88.4 cm³/mol. The highest BCUT2D eigenvalue weighted by Crippen LogP contribution is 2.29. The van der Waals surface area contributed by atoms with E-state index in [1.54, 1.807) is 6.20 Å². The summed E-state index contributed by atoms with van der Waals surface area (Å²) in [4.78, 5) is 20.7. The number of likely N-dealkylation sites (N-methyl/N-ethyl adjacent to an activating group) is 1. The molecule has 1 saturated heterocycles. The number of amides is 2. The van der Waals surface area contributed by atoms with E-state index in [0.29, 0.717) is 12.4 Å². The summed E-state index contributed by atoms with van der Waals surface area (Å²) in [5.41, 5.74) is 0.990. The monoisotopic (exact) mass is 318 g/mol. The van der Waals surface area contributed by atoms with Crippen LogP contribution in [0.4, 0.5) is 4.79 Å². The van der Waals surface area contributed by atoms with Crippen molar-refractivity contribution in [1.82, 2.24) is 20.1 Å². The lowest BCUT2D eigenvalue weighted by Gasteiger charge is -2.34. The molecule has 0 bridgehead atoms. The molecule has 126 valence electrons. The molecule has 6 heteroatoms. The van der Waals surface area contributed by atoms with Crippen molar-refractivity contribution in [3.63, 3.8) is 0 Å². The van der Waals surface area contributed by atoms with Gasteiger partial charge >= 0.3 is 6.03 Å². The van der Waals surface area contributed by atoms with Crippen LogP contribution in [0.15, 0.2) is 18.3 Å². The van der Waals surface area contributed by atoms with E-state index in [4.69, 9.17) is 4.74 Å². The van der Waals surface area contributed by atoms with Gasteiger partial charge in [-0.05, 0) is 30.9 Å². The Balaban J connectivity index is 1.39. The second-order valence-electron chi connectivity index (χ2n) is 6.34. The van der Waals surface area contributed by atoms with Crippen molar-refractivity contribution < 1.29 is 9.53 Å². The van der Waals surface area contributed by atoms with E-state index in [1.165, 1.54) is 12.8 Å².